The lowest BCUT2D eigenvalue weighted by Crippen LogP contribution is -2.38. The normalized spacial score (nSPS) is 12.6. The first-order valence-corrected chi connectivity index (χ1v) is 8.04. The van der Waals surface area contributed by atoms with Gasteiger partial charge in [0.05, 0.1) is 23.8 Å². The first-order chi connectivity index (χ1) is 12.0. The number of esters is 1. The van der Waals surface area contributed by atoms with Crippen molar-refractivity contribution in [2.45, 2.75) is 26.8 Å². The van der Waals surface area contributed by atoms with Crippen molar-refractivity contribution in [3.8, 4) is 0 Å². The molecule has 0 saturated heterocycles. The van der Waals surface area contributed by atoms with Crippen molar-refractivity contribution >= 4 is 17.5 Å². The van der Waals surface area contributed by atoms with Crippen LogP contribution in [0.2, 0.25) is 0 Å². The molecule has 1 aliphatic carbocycles. The second-order valence-electron chi connectivity index (χ2n) is 5.67. The SMILES string of the molecule is CCc1c(C(=O)OC)c2c(c(=O)n1CC)C(=O)c1ccccc1C2=O. The molecule has 0 saturated carbocycles. The minimum absolute atomic E-state index is 0.00861. The van der Waals surface area contributed by atoms with Crippen LogP contribution in [0, 0.1) is 0 Å². The quantitative estimate of drug-likeness (QED) is 0.682. The number of hydrogen-bond acceptors (Lipinski definition) is 5. The van der Waals surface area contributed by atoms with Crippen LogP contribution < -0.4 is 5.56 Å². The van der Waals surface area contributed by atoms with Crippen LogP contribution in [0.25, 0.3) is 0 Å². The number of fused-ring (bicyclic) bond motifs is 2. The smallest absolute Gasteiger partial charge is 0.340 e. The van der Waals surface area contributed by atoms with Crippen LogP contribution in [-0.2, 0) is 17.7 Å². The van der Waals surface area contributed by atoms with E-state index in [1.807, 2.05) is 0 Å². The number of carbonyl (C=O) groups excluding carboxylic acids is 3. The number of aromatic nitrogens is 1. The van der Waals surface area contributed by atoms with E-state index in [1.54, 1.807) is 26.0 Å². The summed E-state index contributed by atoms with van der Waals surface area (Å²) in [5.74, 6) is -1.76. The van der Waals surface area contributed by atoms with Crippen LogP contribution in [-0.4, -0.2) is 29.2 Å². The standard InChI is InChI=1S/C19H17NO5/c1-4-12-13(19(24)25-3)14-15(18(23)20(12)5-2)17(22)11-9-7-6-8-10(11)16(14)21/h6-9H,4-5H2,1-3H3. The Bertz CT molecular complexity index is 984. The number of hydrogen-bond donors (Lipinski definition) is 0. The summed E-state index contributed by atoms with van der Waals surface area (Å²) in [7, 11) is 1.21. The van der Waals surface area contributed by atoms with Crippen molar-refractivity contribution in [2.24, 2.45) is 0 Å². The Morgan fingerprint density at radius 1 is 1.00 bits per heavy atom. The molecule has 0 unspecified atom stereocenters. The van der Waals surface area contributed by atoms with Crippen LogP contribution in [0.4, 0.5) is 0 Å². The molecule has 0 N–H and O–H groups in total. The maximum absolute atomic E-state index is 13.0. The lowest BCUT2D eigenvalue weighted by atomic mass is 9.81. The highest BCUT2D eigenvalue weighted by Crippen LogP contribution is 2.30. The fraction of sp³-hybridized carbons (Fsp3) is 0.263. The molecule has 0 aliphatic heterocycles. The predicted molar refractivity (Wildman–Crippen MR) is 90.4 cm³/mol. The van der Waals surface area contributed by atoms with Gasteiger partial charge >= 0.3 is 5.97 Å². The first-order valence-electron chi connectivity index (χ1n) is 8.04. The van der Waals surface area contributed by atoms with Crippen molar-refractivity contribution in [2.75, 3.05) is 7.11 Å². The molecule has 0 spiro atoms. The van der Waals surface area contributed by atoms with Gasteiger partial charge < -0.3 is 9.30 Å². The monoisotopic (exact) mass is 339 g/mol. The number of carbonyl (C=O) groups is 3. The Balaban J connectivity index is 2.52. The summed E-state index contributed by atoms with van der Waals surface area (Å²) in [5, 5.41) is 0. The van der Waals surface area contributed by atoms with Crippen molar-refractivity contribution in [1.82, 2.24) is 4.57 Å². The lowest BCUT2D eigenvalue weighted by molar-refractivity contribution is 0.0594. The number of methoxy groups -OCH3 is 1. The van der Waals surface area contributed by atoms with Gasteiger partial charge in [0.15, 0.2) is 11.6 Å². The van der Waals surface area contributed by atoms with E-state index in [2.05, 4.69) is 0 Å². The zero-order valence-corrected chi connectivity index (χ0v) is 14.2. The molecule has 1 aromatic carbocycles. The van der Waals surface area contributed by atoms with Gasteiger partial charge in [-0.2, -0.15) is 0 Å². The number of rotatable bonds is 3. The third-order valence-electron chi connectivity index (χ3n) is 4.48. The van der Waals surface area contributed by atoms with Gasteiger partial charge in [-0.3, -0.25) is 14.4 Å². The minimum atomic E-state index is -0.726. The van der Waals surface area contributed by atoms with Gasteiger partial charge in [-0.25, -0.2) is 4.79 Å². The highest BCUT2D eigenvalue weighted by molar-refractivity contribution is 6.30. The molecule has 6 nitrogen and oxygen atoms in total. The number of ether oxygens (including phenoxy) is 1. The molecule has 3 rings (SSSR count). The summed E-state index contributed by atoms with van der Waals surface area (Å²) in [6, 6.07) is 6.31. The number of pyridine rings is 1. The van der Waals surface area contributed by atoms with Crippen LogP contribution in [0.15, 0.2) is 29.1 Å². The Labute approximate surface area is 144 Å². The Morgan fingerprint density at radius 2 is 1.56 bits per heavy atom. The number of benzene rings is 1. The van der Waals surface area contributed by atoms with Gasteiger partial charge in [-0.1, -0.05) is 31.2 Å². The molecular formula is C19H17NO5. The van der Waals surface area contributed by atoms with E-state index in [-0.39, 0.29) is 34.4 Å². The number of ketones is 2. The van der Waals surface area contributed by atoms with Crippen LogP contribution in [0.1, 0.15) is 61.7 Å². The van der Waals surface area contributed by atoms with E-state index in [4.69, 9.17) is 4.74 Å². The molecule has 0 atom stereocenters. The van der Waals surface area contributed by atoms with Crippen molar-refractivity contribution in [1.29, 1.82) is 0 Å². The van der Waals surface area contributed by atoms with Crippen molar-refractivity contribution in [3.63, 3.8) is 0 Å². The van der Waals surface area contributed by atoms with E-state index in [0.717, 1.165) is 0 Å². The Hall–Kier alpha value is -3.02. The second kappa shape index (κ2) is 6.12. The molecule has 0 fully saturated rings. The van der Waals surface area contributed by atoms with Gasteiger partial charge in [0.2, 0.25) is 0 Å². The first kappa shape index (κ1) is 16.8. The molecular weight excluding hydrogens is 322 g/mol. The fourth-order valence-corrected chi connectivity index (χ4v) is 3.38. The molecule has 0 amide bonds. The molecule has 25 heavy (non-hydrogen) atoms. The predicted octanol–water partition coefficient (Wildman–Crippen LogP) is 1.99. The molecule has 1 aliphatic rings. The fourth-order valence-electron chi connectivity index (χ4n) is 3.38. The van der Waals surface area contributed by atoms with Gasteiger partial charge in [0.25, 0.3) is 5.56 Å². The minimum Gasteiger partial charge on any atom is -0.465 e. The molecule has 1 aromatic heterocycles. The summed E-state index contributed by atoms with van der Waals surface area (Å²) < 4.78 is 6.20. The second-order valence-corrected chi connectivity index (χ2v) is 5.67. The van der Waals surface area contributed by atoms with Gasteiger partial charge in [-0.05, 0) is 13.3 Å². The van der Waals surface area contributed by atoms with Gasteiger partial charge in [0.1, 0.15) is 0 Å². The molecule has 128 valence electrons. The summed E-state index contributed by atoms with van der Waals surface area (Å²) in [6.07, 6.45) is 0.351. The molecule has 0 bridgehead atoms. The lowest BCUT2D eigenvalue weighted by Gasteiger charge is -2.23. The summed E-state index contributed by atoms with van der Waals surface area (Å²) >= 11 is 0. The van der Waals surface area contributed by atoms with E-state index in [1.165, 1.54) is 23.8 Å². The van der Waals surface area contributed by atoms with Crippen LogP contribution in [0.5, 0.6) is 0 Å². The van der Waals surface area contributed by atoms with Gasteiger partial charge in [0, 0.05) is 23.4 Å². The van der Waals surface area contributed by atoms with E-state index in [9.17, 15) is 19.2 Å². The topological polar surface area (TPSA) is 82.4 Å². The summed E-state index contributed by atoms with van der Waals surface area (Å²) in [5.41, 5.74) is -0.145. The van der Waals surface area contributed by atoms with E-state index in [0.29, 0.717) is 12.1 Å². The van der Waals surface area contributed by atoms with Gasteiger partial charge in [-0.15, -0.1) is 0 Å². The zero-order valence-electron chi connectivity index (χ0n) is 14.2. The number of nitrogens with zero attached hydrogens (tertiary/aromatic N) is 1. The zero-order chi connectivity index (χ0) is 18.3. The maximum atomic E-state index is 13.0. The third-order valence-corrected chi connectivity index (χ3v) is 4.48. The molecule has 2 aromatic rings. The highest BCUT2D eigenvalue weighted by Gasteiger charge is 2.38. The van der Waals surface area contributed by atoms with E-state index >= 15 is 0 Å². The van der Waals surface area contributed by atoms with Crippen molar-refractivity contribution in [3.05, 3.63) is 68.1 Å². The third kappa shape index (κ3) is 2.25. The molecule has 0 radical (unpaired) electrons. The Morgan fingerprint density at radius 3 is 2.04 bits per heavy atom. The Kier molecular flexibility index (Phi) is 4.12. The summed E-state index contributed by atoms with van der Waals surface area (Å²) in [4.78, 5) is 51.2. The average molecular weight is 339 g/mol. The molecule has 1 heterocycles. The molecule has 6 heteroatoms. The highest BCUT2D eigenvalue weighted by atomic mass is 16.5. The van der Waals surface area contributed by atoms with Crippen LogP contribution >= 0.6 is 0 Å². The largest absolute Gasteiger partial charge is 0.465 e. The maximum Gasteiger partial charge on any atom is 0.340 e. The summed E-state index contributed by atoms with van der Waals surface area (Å²) in [6.45, 7) is 3.81. The average Bonchev–Trinajstić information content (AvgIpc) is 2.64. The van der Waals surface area contributed by atoms with E-state index < -0.39 is 23.1 Å². The van der Waals surface area contributed by atoms with Crippen LogP contribution in [0.3, 0.4) is 0 Å². The van der Waals surface area contributed by atoms with Crippen molar-refractivity contribution < 1.29 is 19.1 Å².